The Morgan fingerprint density at radius 3 is 2.73 bits per heavy atom. The molecule has 0 radical (unpaired) electrons. The average Bonchev–Trinajstić information content (AvgIpc) is 2.80. The fraction of sp³-hybridized carbons (Fsp3) is 0.438. The first-order chi connectivity index (χ1) is 10.7. The van der Waals surface area contributed by atoms with Gasteiger partial charge >= 0.3 is 0 Å². The molecule has 6 heteroatoms. The minimum Gasteiger partial charge on any atom is -0.494 e. The van der Waals surface area contributed by atoms with Gasteiger partial charge in [-0.15, -0.1) is 0 Å². The predicted molar refractivity (Wildman–Crippen MR) is 80.1 cm³/mol. The molecular formula is C16H20N3O3+. The summed E-state index contributed by atoms with van der Waals surface area (Å²) in [5, 5.41) is 10.2. The molecule has 1 atom stereocenters. The van der Waals surface area contributed by atoms with E-state index in [1.54, 1.807) is 29.6 Å². The Bertz CT molecular complexity index is 577. The molecule has 0 saturated carbocycles. The van der Waals surface area contributed by atoms with Crippen molar-refractivity contribution in [3.63, 3.8) is 0 Å². The van der Waals surface area contributed by atoms with Gasteiger partial charge in [-0.1, -0.05) is 13.3 Å². The molecule has 2 N–H and O–H groups in total. The minimum absolute atomic E-state index is 0.134. The van der Waals surface area contributed by atoms with E-state index in [0.29, 0.717) is 12.3 Å². The molecule has 1 aromatic rings. The van der Waals surface area contributed by atoms with Gasteiger partial charge in [0, 0.05) is 0 Å². The number of nitriles is 1. The van der Waals surface area contributed by atoms with E-state index in [-0.39, 0.29) is 24.8 Å². The van der Waals surface area contributed by atoms with Gasteiger partial charge < -0.3 is 10.1 Å². The van der Waals surface area contributed by atoms with Crippen LogP contribution in [-0.4, -0.2) is 31.0 Å². The van der Waals surface area contributed by atoms with Gasteiger partial charge in [-0.25, -0.2) is 4.90 Å². The molecule has 2 rings (SSSR count). The van der Waals surface area contributed by atoms with Crippen LogP contribution in [0.5, 0.6) is 5.75 Å². The number of anilines is 1. The molecule has 0 aliphatic carbocycles. The van der Waals surface area contributed by atoms with E-state index in [1.165, 1.54) is 4.90 Å². The summed E-state index contributed by atoms with van der Waals surface area (Å²) in [6, 6.07) is 8.42. The van der Waals surface area contributed by atoms with Crippen molar-refractivity contribution in [1.82, 2.24) is 0 Å². The number of carbonyl (C=O) groups excluding carboxylic acids is 2. The van der Waals surface area contributed by atoms with E-state index in [1.807, 2.05) is 6.07 Å². The third kappa shape index (κ3) is 3.62. The van der Waals surface area contributed by atoms with Crippen LogP contribution >= 0.6 is 0 Å². The molecule has 2 amide bonds. The quantitative estimate of drug-likeness (QED) is 0.453. The molecule has 0 bridgehead atoms. The van der Waals surface area contributed by atoms with Crippen molar-refractivity contribution in [2.75, 3.05) is 18.1 Å². The Kier molecular flexibility index (Phi) is 5.50. The Labute approximate surface area is 129 Å². The summed E-state index contributed by atoms with van der Waals surface area (Å²) in [6.07, 6.45) is 2.19. The summed E-state index contributed by atoms with van der Waals surface area (Å²) < 4.78 is 5.56. The van der Waals surface area contributed by atoms with Crippen LogP contribution in [-0.2, 0) is 9.59 Å². The smallest absolute Gasteiger partial charge is 0.292 e. The van der Waals surface area contributed by atoms with Crippen LogP contribution in [0.1, 0.15) is 26.2 Å². The highest BCUT2D eigenvalue weighted by Gasteiger charge is 2.42. The van der Waals surface area contributed by atoms with Gasteiger partial charge in [0.25, 0.3) is 5.91 Å². The number of amides is 2. The van der Waals surface area contributed by atoms with Crippen LogP contribution in [0.25, 0.3) is 0 Å². The molecule has 1 heterocycles. The molecule has 1 aromatic carbocycles. The number of unbranched alkanes of at least 4 members (excludes halogenated alkanes) is 1. The zero-order valence-electron chi connectivity index (χ0n) is 12.6. The number of quaternary nitrogens is 1. The van der Waals surface area contributed by atoms with E-state index in [2.05, 4.69) is 6.92 Å². The monoisotopic (exact) mass is 302 g/mol. The Morgan fingerprint density at radius 2 is 2.09 bits per heavy atom. The fourth-order valence-electron chi connectivity index (χ4n) is 2.33. The van der Waals surface area contributed by atoms with Crippen molar-refractivity contribution in [1.29, 1.82) is 5.26 Å². The highest BCUT2D eigenvalue weighted by atomic mass is 16.5. The maximum atomic E-state index is 12.3. The zero-order valence-corrected chi connectivity index (χ0v) is 12.6. The molecule has 6 nitrogen and oxygen atoms in total. The second-order valence-corrected chi connectivity index (χ2v) is 5.17. The first-order valence-electron chi connectivity index (χ1n) is 7.47. The van der Waals surface area contributed by atoms with Crippen LogP contribution in [0, 0.1) is 11.3 Å². The van der Waals surface area contributed by atoms with E-state index in [4.69, 9.17) is 10.00 Å². The van der Waals surface area contributed by atoms with Crippen molar-refractivity contribution >= 4 is 17.5 Å². The first-order valence-corrected chi connectivity index (χ1v) is 7.47. The Morgan fingerprint density at radius 1 is 1.36 bits per heavy atom. The lowest BCUT2D eigenvalue weighted by Crippen LogP contribution is -2.91. The number of imide groups is 1. The second kappa shape index (κ2) is 7.57. The van der Waals surface area contributed by atoms with Crippen LogP contribution in [0.2, 0.25) is 0 Å². The molecule has 22 heavy (non-hydrogen) atoms. The minimum atomic E-state index is -0.493. The van der Waals surface area contributed by atoms with Crippen molar-refractivity contribution in [3.8, 4) is 11.8 Å². The molecule has 0 aromatic heterocycles. The van der Waals surface area contributed by atoms with Gasteiger partial charge in [0.05, 0.1) is 18.7 Å². The molecular weight excluding hydrogens is 282 g/mol. The molecule has 1 aliphatic rings. The molecule has 1 saturated heterocycles. The summed E-state index contributed by atoms with van der Waals surface area (Å²) in [5.74, 6) is 0.229. The summed E-state index contributed by atoms with van der Waals surface area (Å²) >= 11 is 0. The third-order valence-electron chi connectivity index (χ3n) is 3.54. The van der Waals surface area contributed by atoms with E-state index >= 15 is 0 Å². The molecule has 0 unspecified atom stereocenters. The lowest BCUT2D eigenvalue weighted by atomic mass is 10.2. The highest BCUT2D eigenvalue weighted by Crippen LogP contribution is 2.24. The summed E-state index contributed by atoms with van der Waals surface area (Å²) in [5.41, 5.74) is 0.547. The molecule has 1 fully saturated rings. The van der Waals surface area contributed by atoms with Gasteiger partial charge in [-0.05, 0) is 30.7 Å². The number of hydrogen-bond acceptors (Lipinski definition) is 4. The fourth-order valence-corrected chi connectivity index (χ4v) is 2.33. The number of nitrogens with two attached hydrogens (primary N) is 1. The van der Waals surface area contributed by atoms with Crippen molar-refractivity contribution < 1.29 is 19.6 Å². The number of nitrogens with zero attached hydrogens (tertiary/aromatic N) is 2. The maximum absolute atomic E-state index is 12.3. The lowest BCUT2D eigenvalue weighted by molar-refractivity contribution is -0.664. The molecule has 0 spiro atoms. The van der Waals surface area contributed by atoms with Gasteiger partial charge in [0.15, 0.2) is 12.6 Å². The number of hydrogen-bond donors (Lipinski definition) is 1. The largest absolute Gasteiger partial charge is 0.494 e. The van der Waals surface area contributed by atoms with E-state index < -0.39 is 6.04 Å². The average molecular weight is 302 g/mol. The molecule has 1 aliphatic heterocycles. The van der Waals surface area contributed by atoms with Crippen LogP contribution in [0.15, 0.2) is 24.3 Å². The summed E-state index contributed by atoms with van der Waals surface area (Å²) in [4.78, 5) is 25.5. The zero-order chi connectivity index (χ0) is 15.9. The van der Waals surface area contributed by atoms with Crippen molar-refractivity contribution in [2.45, 2.75) is 32.2 Å². The predicted octanol–water partition coefficient (Wildman–Crippen LogP) is 0.584. The summed E-state index contributed by atoms with van der Waals surface area (Å²) in [7, 11) is 0. The van der Waals surface area contributed by atoms with E-state index in [9.17, 15) is 9.59 Å². The SMILES string of the molecule is CCCCOc1ccc(N2C(=O)C[C@H]([NH2+]CC#N)C2=O)cc1. The maximum Gasteiger partial charge on any atom is 0.292 e. The Hall–Kier alpha value is -2.39. The highest BCUT2D eigenvalue weighted by molar-refractivity contribution is 6.21. The number of benzene rings is 1. The second-order valence-electron chi connectivity index (χ2n) is 5.17. The normalized spacial score (nSPS) is 17.6. The van der Waals surface area contributed by atoms with Crippen molar-refractivity contribution in [2.24, 2.45) is 0 Å². The summed E-state index contributed by atoms with van der Waals surface area (Å²) in [6.45, 7) is 2.92. The van der Waals surface area contributed by atoms with Crippen LogP contribution in [0.4, 0.5) is 5.69 Å². The molecule has 116 valence electrons. The van der Waals surface area contributed by atoms with Gasteiger partial charge in [-0.2, -0.15) is 5.26 Å². The van der Waals surface area contributed by atoms with Crippen LogP contribution in [0.3, 0.4) is 0 Å². The van der Waals surface area contributed by atoms with Crippen LogP contribution < -0.4 is 15.0 Å². The van der Waals surface area contributed by atoms with Gasteiger partial charge in [-0.3, -0.25) is 9.59 Å². The number of ether oxygens (including phenoxy) is 1. The third-order valence-corrected chi connectivity index (χ3v) is 3.54. The van der Waals surface area contributed by atoms with Crippen molar-refractivity contribution in [3.05, 3.63) is 24.3 Å². The first kappa shape index (κ1) is 16.0. The standard InChI is InChI=1S/C16H19N3O3/c1-2-3-10-22-13-6-4-12(5-7-13)19-15(20)11-14(16(19)21)18-9-8-17/h4-7,14,18H,2-3,9-11H2,1H3/p+1/t14-/m0/s1. The number of rotatable bonds is 7. The number of carbonyl (C=O) groups is 2. The van der Waals surface area contributed by atoms with Gasteiger partial charge in [0.2, 0.25) is 5.91 Å². The topological polar surface area (TPSA) is 87.0 Å². The van der Waals surface area contributed by atoms with E-state index in [0.717, 1.165) is 18.6 Å². The van der Waals surface area contributed by atoms with Gasteiger partial charge in [0.1, 0.15) is 11.8 Å². The lowest BCUT2D eigenvalue weighted by Gasteiger charge is -2.14. The Balaban J connectivity index is 2.03.